The number of hydrogen-bond acceptors (Lipinski definition) is 3. The molecule has 0 saturated carbocycles. The summed E-state index contributed by atoms with van der Waals surface area (Å²) in [7, 11) is 0. The van der Waals surface area contributed by atoms with E-state index in [1.54, 1.807) is 11.3 Å². The summed E-state index contributed by atoms with van der Waals surface area (Å²) < 4.78 is 2.85. The topological polar surface area (TPSA) is 34.9 Å². The number of rotatable bonds is 5. The third kappa shape index (κ3) is 2.90. The van der Waals surface area contributed by atoms with E-state index in [9.17, 15) is 4.79 Å². The van der Waals surface area contributed by atoms with E-state index in [4.69, 9.17) is 0 Å². The van der Waals surface area contributed by atoms with Gasteiger partial charge in [0.25, 0.3) is 0 Å². The lowest BCUT2D eigenvalue weighted by atomic mass is 10.1. The summed E-state index contributed by atoms with van der Waals surface area (Å²) in [5, 5.41) is 8.42. The zero-order valence-electron chi connectivity index (χ0n) is 10.4. The van der Waals surface area contributed by atoms with Gasteiger partial charge < -0.3 is 0 Å². The average molecular weight is 327 g/mol. The minimum atomic E-state index is 0.226. The Hall–Kier alpha value is -0.940. The average Bonchev–Trinajstić information content (AvgIpc) is 2.92. The van der Waals surface area contributed by atoms with Crippen LogP contribution in [-0.4, -0.2) is 15.6 Å². The van der Waals surface area contributed by atoms with Crippen molar-refractivity contribution in [3.05, 3.63) is 38.3 Å². The van der Waals surface area contributed by atoms with Crippen LogP contribution in [0.3, 0.4) is 0 Å². The molecule has 0 unspecified atom stereocenters. The van der Waals surface area contributed by atoms with E-state index in [2.05, 4.69) is 21.0 Å². The molecule has 0 spiro atoms. The number of carbonyl (C=O) groups is 1. The van der Waals surface area contributed by atoms with Crippen molar-refractivity contribution in [2.24, 2.45) is 0 Å². The first-order valence-electron chi connectivity index (χ1n) is 5.86. The highest BCUT2D eigenvalue weighted by Crippen LogP contribution is 2.22. The Morgan fingerprint density at radius 1 is 1.50 bits per heavy atom. The molecule has 0 aromatic carbocycles. The monoisotopic (exact) mass is 326 g/mol. The molecule has 5 heteroatoms. The van der Waals surface area contributed by atoms with Gasteiger partial charge in [0.05, 0.1) is 15.9 Å². The van der Waals surface area contributed by atoms with E-state index in [1.807, 2.05) is 35.4 Å². The molecule has 96 valence electrons. The molecule has 0 saturated heterocycles. The van der Waals surface area contributed by atoms with E-state index in [-0.39, 0.29) is 5.78 Å². The number of nitrogens with zero attached hydrogens (tertiary/aromatic N) is 2. The van der Waals surface area contributed by atoms with E-state index >= 15 is 0 Å². The standard InChI is InChI=1S/C13H15BrN2OS/c1-3-16-12(13(14)9(2)15-16)7-11(17)6-10-4-5-18-8-10/h4-5,8H,3,6-7H2,1-2H3. The van der Waals surface area contributed by atoms with Crippen molar-refractivity contribution in [1.29, 1.82) is 0 Å². The van der Waals surface area contributed by atoms with Gasteiger partial charge in [0.1, 0.15) is 5.78 Å². The molecule has 0 bridgehead atoms. The Balaban J connectivity index is 2.11. The fourth-order valence-corrected chi connectivity index (χ4v) is 3.00. The smallest absolute Gasteiger partial charge is 0.143 e. The molecule has 0 aliphatic carbocycles. The van der Waals surface area contributed by atoms with Gasteiger partial charge in [0.15, 0.2) is 0 Å². The fraction of sp³-hybridized carbons (Fsp3) is 0.385. The number of aryl methyl sites for hydroxylation is 2. The van der Waals surface area contributed by atoms with Crippen LogP contribution in [0, 0.1) is 6.92 Å². The normalized spacial score (nSPS) is 10.8. The predicted octanol–water partition coefficient (Wildman–Crippen LogP) is 3.39. The van der Waals surface area contributed by atoms with E-state index in [0.29, 0.717) is 12.8 Å². The molecule has 0 aliphatic rings. The molecule has 0 amide bonds. The summed E-state index contributed by atoms with van der Waals surface area (Å²) in [6.07, 6.45) is 0.939. The van der Waals surface area contributed by atoms with Crippen molar-refractivity contribution in [3.8, 4) is 0 Å². The molecule has 0 N–H and O–H groups in total. The minimum absolute atomic E-state index is 0.226. The zero-order valence-corrected chi connectivity index (χ0v) is 12.8. The lowest BCUT2D eigenvalue weighted by Gasteiger charge is -2.04. The first-order valence-corrected chi connectivity index (χ1v) is 7.60. The minimum Gasteiger partial charge on any atom is -0.299 e. The van der Waals surface area contributed by atoms with Gasteiger partial charge in [-0.2, -0.15) is 16.4 Å². The van der Waals surface area contributed by atoms with Gasteiger partial charge in [-0.1, -0.05) is 0 Å². The number of aromatic nitrogens is 2. The van der Waals surface area contributed by atoms with Crippen molar-refractivity contribution in [2.45, 2.75) is 33.2 Å². The van der Waals surface area contributed by atoms with Gasteiger partial charge in [-0.3, -0.25) is 9.48 Å². The molecule has 0 radical (unpaired) electrons. The molecule has 2 aromatic heterocycles. The number of carbonyl (C=O) groups excluding carboxylic acids is 1. The Morgan fingerprint density at radius 2 is 2.28 bits per heavy atom. The first-order chi connectivity index (χ1) is 8.61. The maximum Gasteiger partial charge on any atom is 0.143 e. The molecule has 18 heavy (non-hydrogen) atoms. The predicted molar refractivity (Wildman–Crippen MR) is 77.1 cm³/mol. The largest absolute Gasteiger partial charge is 0.299 e. The highest BCUT2D eigenvalue weighted by atomic mass is 79.9. The summed E-state index contributed by atoms with van der Waals surface area (Å²) in [6.45, 7) is 4.77. The highest BCUT2D eigenvalue weighted by molar-refractivity contribution is 9.10. The van der Waals surface area contributed by atoms with Gasteiger partial charge in [0.2, 0.25) is 0 Å². The molecule has 0 fully saturated rings. The van der Waals surface area contributed by atoms with Crippen LogP contribution in [0.5, 0.6) is 0 Å². The summed E-state index contributed by atoms with van der Waals surface area (Å²) in [6, 6.07) is 2.00. The van der Waals surface area contributed by atoms with Crippen LogP contribution < -0.4 is 0 Å². The van der Waals surface area contributed by atoms with Gasteiger partial charge in [-0.25, -0.2) is 0 Å². The quantitative estimate of drug-likeness (QED) is 0.844. The Morgan fingerprint density at radius 3 is 2.89 bits per heavy atom. The molecular weight excluding hydrogens is 312 g/mol. The lowest BCUT2D eigenvalue weighted by molar-refractivity contribution is -0.117. The fourth-order valence-electron chi connectivity index (χ4n) is 1.91. The number of Topliss-reactive ketones (excluding diaryl/α,β-unsaturated/α-hetero) is 1. The van der Waals surface area contributed by atoms with E-state index in [1.165, 1.54) is 0 Å². The number of thiophene rings is 1. The molecule has 2 rings (SSSR count). The molecular formula is C13H15BrN2OS. The number of ketones is 1. The zero-order chi connectivity index (χ0) is 13.1. The Bertz CT molecular complexity index is 546. The second-order valence-electron chi connectivity index (χ2n) is 4.19. The van der Waals surface area contributed by atoms with Crippen molar-refractivity contribution in [1.82, 2.24) is 9.78 Å². The van der Waals surface area contributed by atoms with Gasteiger partial charge in [-0.15, -0.1) is 0 Å². The third-order valence-electron chi connectivity index (χ3n) is 2.80. The van der Waals surface area contributed by atoms with Crippen LogP contribution in [0.25, 0.3) is 0 Å². The van der Waals surface area contributed by atoms with E-state index in [0.717, 1.165) is 28.0 Å². The highest BCUT2D eigenvalue weighted by Gasteiger charge is 2.15. The van der Waals surface area contributed by atoms with Gasteiger partial charge >= 0.3 is 0 Å². The van der Waals surface area contributed by atoms with Crippen LogP contribution in [0.4, 0.5) is 0 Å². The lowest BCUT2D eigenvalue weighted by Crippen LogP contribution is -2.11. The molecule has 0 atom stereocenters. The first kappa shape index (κ1) is 13.5. The van der Waals surface area contributed by atoms with Crippen LogP contribution in [0.15, 0.2) is 21.3 Å². The van der Waals surface area contributed by atoms with Crippen molar-refractivity contribution in [3.63, 3.8) is 0 Å². The number of hydrogen-bond donors (Lipinski definition) is 0. The van der Waals surface area contributed by atoms with Gasteiger partial charge in [-0.05, 0) is 52.2 Å². The summed E-state index contributed by atoms with van der Waals surface area (Å²) in [5.41, 5.74) is 3.02. The Labute approximate surface area is 119 Å². The molecule has 0 aliphatic heterocycles. The summed E-state index contributed by atoms with van der Waals surface area (Å²) in [4.78, 5) is 12.1. The van der Waals surface area contributed by atoms with Crippen molar-refractivity contribution >= 4 is 33.0 Å². The SMILES string of the molecule is CCn1nc(C)c(Br)c1CC(=O)Cc1ccsc1. The van der Waals surface area contributed by atoms with Crippen LogP contribution >= 0.6 is 27.3 Å². The van der Waals surface area contributed by atoms with Gasteiger partial charge in [0, 0.05) is 19.4 Å². The summed E-state index contributed by atoms with van der Waals surface area (Å²) in [5.74, 6) is 0.226. The van der Waals surface area contributed by atoms with E-state index < -0.39 is 0 Å². The second kappa shape index (κ2) is 5.80. The van der Waals surface area contributed by atoms with Crippen molar-refractivity contribution in [2.75, 3.05) is 0 Å². The maximum absolute atomic E-state index is 12.1. The van der Waals surface area contributed by atoms with Crippen LogP contribution in [-0.2, 0) is 24.2 Å². The summed E-state index contributed by atoms with van der Waals surface area (Å²) >= 11 is 5.14. The molecule has 2 aromatic rings. The maximum atomic E-state index is 12.1. The van der Waals surface area contributed by atoms with Crippen LogP contribution in [0.2, 0.25) is 0 Å². The van der Waals surface area contributed by atoms with Crippen LogP contribution in [0.1, 0.15) is 23.9 Å². The second-order valence-corrected chi connectivity index (χ2v) is 5.76. The third-order valence-corrected chi connectivity index (χ3v) is 4.56. The molecule has 3 nitrogen and oxygen atoms in total. The number of halogens is 1. The Kier molecular flexibility index (Phi) is 4.35. The molecule has 2 heterocycles. The van der Waals surface area contributed by atoms with Crippen molar-refractivity contribution < 1.29 is 4.79 Å².